The van der Waals surface area contributed by atoms with E-state index in [9.17, 15) is 19.5 Å². The number of hydrogen-bond donors (Lipinski definition) is 3. The van der Waals surface area contributed by atoms with E-state index in [1.165, 1.54) is 0 Å². The highest BCUT2D eigenvalue weighted by Gasteiger charge is 2.10. The van der Waals surface area contributed by atoms with E-state index in [0.29, 0.717) is 5.75 Å². The molecule has 3 N–H and O–H groups in total. The van der Waals surface area contributed by atoms with Crippen LogP contribution in [0.4, 0.5) is 5.69 Å². The summed E-state index contributed by atoms with van der Waals surface area (Å²) < 4.78 is 6.31. The molecule has 0 atom stereocenters. The van der Waals surface area contributed by atoms with Gasteiger partial charge in [0.25, 0.3) is 5.56 Å². The Hall–Kier alpha value is -2.75. The number of ether oxygens (including phenoxy) is 1. The van der Waals surface area contributed by atoms with E-state index in [2.05, 4.69) is 26.2 Å². The number of azo groups is 1. The number of benzene rings is 1. The fourth-order valence-electron chi connectivity index (χ4n) is 1.95. The maximum Gasteiger partial charge on any atom is 0.328 e. The molecule has 0 aliphatic carbocycles. The molecule has 0 saturated heterocycles. The van der Waals surface area contributed by atoms with Crippen LogP contribution in [0, 0.1) is 13.8 Å². The number of halogens is 1. The number of nitrogens with zero attached hydrogens (tertiary/aromatic N) is 2. The maximum atomic E-state index is 11.7. The van der Waals surface area contributed by atoms with Crippen LogP contribution in [0.5, 0.6) is 11.6 Å². The molecule has 0 aliphatic rings. The number of nitrogens with one attached hydrogen (secondary N) is 2. The number of aromatic amines is 2. The Morgan fingerprint density at radius 3 is 2.46 bits per heavy atom. The lowest BCUT2D eigenvalue weighted by atomic mass is 10.1. The minimum Gasteiger partial charge on any atom is -0.493 e. The molecule has 1 heterocycles. The molecule has 1 aromatic heterocycles. The number of H-pyrrole nitrogens is 2. The molecule has 0 aliphatic heterocycles. The van der Waals surface area contributed by atoms with Gasteiger partial charge < -0.3 is 9.84 Å². The van der Waals surface area contributed by atoms with Crippen LogP contribution in [-0.4, -0.2) is 27.6 Å². The van der Waals surface area contributed by atoms with E-state index in [0.717, 1.165) is 15.6 Å². The van der Waals surface area contributed by atoms with E-state index in [4.69, 9.17) is 4.74 Å². The number of aryl methyl sites for hydroxylation is 2. The molecule has 0 fully saturated rings. The van der Waals surface area contributed by atoms with Crippen molar-refractivity contribution in [2.45, 2.75) is 13.8 Å². The number of rotatable bonds is 4. The van der Waals surface area contributed by atoms with Crippen molar-refractivity contribution in [2.24, 2.45) is 10.2 Å². The molecule has 10 heteroatoms. The Morgan fingerprint density at radius 1 is 1.25 bits per heavy atom. The predicted octanol–water partition coefficient (Wildman–Crippen LogP) is 1.84. The molecule has 0 radical (unpaired) electrons. The van der Waals surface area contributed by atoms with Crippen LogP contribution in [-0.2, 0) is 4.79 Å². The first kappa shape index (κ1) is 17.6. The van der Waals surface area contributed by atoms with Gasteiger partial charge in [-0.3, -0.25) is 19.6 Å². The summed E-state index contributed by atoms with van der Waals surface area (Å²) >= 11 is 3.36. The summed E-state index contributed by atoms with van der Waals surface area (Å²) in [5, 5.41) is 16.0. The summed E-state index contributed by atoms with van der Waals surface area (Å²) in [4.78, 5) is 37.8. The fraction of sp³-hybridized carbons (Fsp3) is 0.214. The van der Waals surface area contributed by atoms with Crippen LogP contribution in [0.15, 0.2) is 36.4 Å². The third-order valence-corrected chi connectivity index (χ3v) is 3.38. The van der Waals surface area contributed by atoms with E-state index in [-0.39, 0.29) is 0 Å². The fourth-order valence-corrected chi connectivity index (χ4v) is 2.64. The van der Waals surface area contributed by atoms with Gasteiger partial charge in [-0.05, 0) is 37.1 Å². The lowest BCUT2D eigenvalue weighted by Gasteiger charge is -2.10. The summed E-state index contributed by atoms with van der Waals surface area (Å²) in [7, 11) is 0. The van der Waals surface area contributed by atoms with Crippen molar-refractivity contribution in [2.75, 3.05) is 6.61 Å². The third kappa shape index (κ3) is 4.16. The molecule has 2 rings (SSSR count). The second kappa shape index (κ2) is 7.21. The van der Waals surface area contributed by atoms with Crippen molar-refractivity contribution in [3.05, 3.63) is 48.6 Å². The van der Waals surface area contributed by atoms with Gasteiger partial charge in [-0.1, -0.05) is 15.9 Å². The molecule has 24 heavy (non-hydrogen) atoms. The Kier molecular flexibility index (Phi) is 5.29. The number of amides is 1. The molecule has 9 nitrogen and oxygen atoms in total. The van der Waals surface area contributed by atoms with Gasteiger partial charge in [0.15, 0.2) is 6.61 Å². The zero-order valence-electron chi connectivity index (χ0n) is 12.7. The number of aromatic nitrogens is 2. The van der Waals surface area contributed by atoms with Crippen LogP contribution in [0.2, 0.25) is 0 Å². The molecule has 2 aromatic rings. The highest BCUT2D eigenvalue weighted by Crippen LogP contribution is 2.27. The van der Waals surface area contributed by atoms with Gasteiger partial charge >= 0.3 is 11.6 Å². The summed E-state index contributed by atoms with van der Waals surface area (Å²) in [6.45, 7) is 3.27. The first-order valence-electron chi connectivity index (χ1n) is 6.67. The van der Waals surface area contributed by atoms with Crippen molar-refractivity contribution in [1.82, 2.24) is 9.97 Å². The van der Waals surface area contributed by atoms with E-state index in [1.807, 2.05) is 35.9 Å². The van der Waals surface area contributed by atoms with Crippen molar-refractivity contribution in [1.29, 1.82) is 0 Å². The van der Waals surface area contributed by atoms with Gasteiger partial charge in [-0.2, -0.15) is 0 Å². The average molecular weight is 397 g/mol. The molecule has 0 spiro atoms. The molecule has 1 amide bonds. The molecular weight excluding hydrogens is 384 g/mol. The monoisotopic (exact) mass is 396 g/mol. The van der Waals surface area contributed by atoms with E-state index >= 15 is 0 Å². The molecule has 126 valence electrons. The van der Waals surface area contributed by atoms with E-state index in [1.54, 1.807) is 0 Å². The number of hydrogen-bond acceptors (Lipinski definition) is 6. The second-order valence-corrected chi connectivity index (χ2v) is 5.77. The minimum atomic E-state index is -0.965. The Morgan fingerprint density at radius 2 is 1.88 bits per heavy atom. The maximum absolute atomic E-state index is 11.7. The molecule has 0 unspecified atom stereocenters. The lowest BCUT2D eigenvalue weighted by molar-refractivity contribution is -0.120. The topological polar surface area (TPSA) is 137 Å². The van der Waals surface area contributed by atoms with Gasteiger partial charge in [-0.25, -0.2) is 4.79 Å². The molecule has 0 saturated carbocycles. The quantitative estimate of drug-likeness (QED) is 0.676. The van der Waals surface area contributed by atoms with Crippen molar-refractivity contribution >= 4 is 27.5 Å². The van der Waals surface area contributed by atoms with Crippen LogP contribution in [0.3, 0.4) is 0 Å². The third-order valence-electron chi connectivity index (χ3n) is 2.92. The number of carbonyl (C=O) groups excluding carboxylic acids is 1. The highest BCUT2D eigenvalue weighted by atomic mass is 79.9. The van der Waals surface area contributed by atoms with Crippen LogP contribution >= 0.6 is 15.9 Å². The molecular formula is C14H13BrN4O5. The lowest BCUT2D eigenvalue weighted by Crippen LogP contribution is -2.21. The predicted molar refractivity (Wildman–Crippen MR) is 88.0 cm³/mol. The Labute approximate surface area is 143 Å². The summed E-state index contributed by atoms with van der Waals surface area (Å²) in [5.41, 5.74) is -0.762. The zero-order chi connectivity index (χ0) is 17.9. The second-order valence-electron chi connectivity index (χ2n) is 4.86. The first-order chi connectivity index (χ1) is 11.3. The van der Waals surface area contributed by atoms with Gasteiger partial charge in [-0.15, -0.1) is 10.2 Å². The van der Waals surface area contributed by atoms with Crippen LogP contribution < -0.4 is 16.0 Å². The first-order valence-corrected chi connectivity index (χ1v) is 7.47. The largest absolute Gasteiger partial charge is 0.493 e. The SMILES string of the molecule is Cc1cc(Br)cc(C)c1OCC(=O)N=Nc1c(O)[nH]c(=O)[nH]c1=O. The minimum absolute atomic E-state index is 0.394. The summed E-state index contributed by atoms with van der Waals surface area (Å²) in [6.07, 6.45) is 0. The standard InChI is InChI=1S/C14H13BrN4O5/c1-6-3-8(15)4-7(2)11(6)24-5-9(20)18-19-10-12(21)16-14(23)17-13(10)22/h3-4H,5H2,1-2H3,(H3,16,17,21,22,23). The van der Waals surface area contributed by atoms with E-state index < -0.39 is 35.3 Å². The van der Waals surface area contributed by atoms with Crippen LogP contribution in [0.1, 0.15) is 11.1 Å². The van der Waals surface area contributed by atoms with Crippen molar-refractivity contribution < 1.29 is 14.6 Å². The van der Waals surface area contributed by atoms with Gasteiger partial charge in [0.05, 0.1) is 0 Å². The van der Waals surface area contributed by atoms with Crippen LogP contribution in [0.25, 0.3) is 0 Å². The average Bonchev–Trinajstić information content (AvgIpc) is 2.44. The molecule has 0 bridgehead atoms. The summed E-state index contributed by atoms with van der Waals surface area (Å²) in [6, 6.07) is 3.68. The Bertz CT molecular complexity index is 908. The molecule has 1 aromatic carbocycles. The zero-order valence-corrected chi connectivity index (χ0v) is 14.3. The number of aromatic hydroxyl groups is 1. The highest BCUT2D eigenvalue weighted by molar-refractivity contribution is 9.10. The van der Waals surface area contributed by atoms with Gasteiger partial charge in [0.1, 0.15) is 5.75 Å². The van der Waals surface area contributed by atoms with Gasteiger partial charge in [0, 0.05) is 4.47 Å². The summed E-state index contributed by atoms with van der Waals surface area (Å²) in [5.74, 6) is -0.992. The van der Waals surface area contributed by atoms with Crippen molar-refractivity contribution in [3.8, 4) is 11.6 Å². The van der Waals surface area contributed by atoms with Crippen molar-refractivity contribution in [3.63, 3.8) is 0 Å². The van der Waals surface area contributed by atoms with Gasteiger partial charge in [0.2, 0.25) is 11.6 Å². The number of carbonyl (C=O) groups is 1. The normalized spacial score (nSPS) is 11.0. The Balaban J connectivity index is 2.10. The smallest absolute Gasteiger partial charge is 0.328 e.